The van der Waals surface area contributed by atoms with Crippen molar-refractivity contribution in [1.29, 1.82) is 0 Å². The molecule has 2 aromatic carbocycles. The minimum Gasteiger partial charge on any atom is -0.351 e. The molecular weight excluding hydrogens is 334 g/mol. The molecule has 116 valence electrons. The molecule has 0 atom stereocenters. The summed E-state index contributed by atoms with van der Waals surface area (Å²) in [7, 11) is 0. The first kappa shape index (κ1) is 17.3. The van der Waals surface area contributed by atoms with Gasteiger partial charge in [0.1, 0.15) is 0 Å². The van der Waals surface area contributed by atoms with Gasteiger partial charge < -0.3 is 5.32 Å². The van der Waals surface area contributed by atoms with Gasteiger partial charge >= 0.3 is 0 Å². The van der Waals surface area contributed by atoms with Crippen LogP contribution in [0.15, 0.2) is 53.4 Å². The molecule has 0 spiro atoms. The number of nitrogens with one attached hydrogen (secondary N) is 1. The summed E-state index contributed by atoms with van der Waals surface area (Å²) in [5.74, 6) is 1.77. The van der Waals surface area contributed by atoms with Gasteiger partial charge in [-0.05, 0) is 36.1 Å². The van der Waals surface area contributed by atoms with Gasteiger partial charge in [0.15, 0.2) is 0 Å². The second-order valence-electron chi connectivity index (χ2n) is 4.64. The molecule has 2 aromatic rings. The maximum Gasteiger partial charge on any atom is 0.252 e. The lowest BCUT2D eigenvalue weighted by Gasteiger charge is -2.08. The molecule has 2 rings (SSSR count). The van der Waals surface area contributed by atoms with Crippen LogP contribution in [-0.2, 0) is 5.75 Å². The van der Waals surface area contributed by atoms with E-state index in [1.165, 1.54) is 5.56 Å². The number of hydrogen-bond donors (Lipinski definition) is 1. The van der Waals surface area contributed by atoms with Gasteiger partial charge in [-0.1, -0.05) is 35.9 Å². The summed E-state index contributed by atoms with van der Waals surface area (Å²) in [6, 6.07) is 15.5. The molecule has 0 unspecified atom stereocenters. The predicted octanol–water partition coefficient (Wildman–Crippen LogP) is 4.73. The summed E-state index contributed by atoms with van der Waals surface area (Å²) >= 11 is 9.33. The van der Waals surface area contributed by atoms with E-state index in [1.54, 1.807) is 23.5 Å². The van der Waals surface area contributed by atoms with Crippen LogP contribution < -0.4 is 5.32 Å². The molecule has 0 heterocycles. The summed E-state index contributed by atoms with van der Waals surface area (Å²) in [5.41, 5.74) is 1.95. The van der Waals surface area contributed by atoms with E-state index in [1.807, 2.05) is 48.7 Å². The molecule has 0 fully saturated rings. The fourth-order valence-electron chi connectivity index (χ4n) is 1.98. The Labute approximate surface area is 145 Å². The Hall–Kier alpha value is -1.10. The Kier molecular flexibility index (Phi) is 7.16. The Balaban J connectivity index is 1.73. The maximum atomic E-state index is 12.2. The van der Waals surface area contributed by atoms with Crippen LogP contribution in [0, 0.1) is 0 Å². The van der Waals surface area contributed by atoms with Gasteiger partial charge in [0, 0.05) is 28.0 Å². The molecule has 22 heavy (non-hydrogen) atoms. The zero-order valence-corrected chi connectivity index (χ0v) is 14.7. The van der Waals surface area contributed by atoms with Gasteiger partial charge in [-0.3, -0.25) is 4.79 Å². The second kappa shape index (κ2) is 9.13. The van der Waals surface area contributed by atoms with Crippen LogP contribution in [0.1, 0.15) is 15.9 Å². The molecule has 1 amide bonds. The van der Waals surface area contributed by atoms with Crippen molar-refractivity contribution in [3.8, 4) is 0 Å². The van der Waals surface area contributed by atoms with Gasteiger partial charge in [-0.25, -0.2) is 0 Å². The number of benzene rings is 2. The van der Waals surface area contributed by atoms with E-state index in [4.69, 9.17) is 11.6 Å². The zero-order valence-electron chi connectivity index (χ0n) is 12.3. The summed E-state index contributed by atoms with van der Waals surface area (Å²) in [6.45, 7) is 0.660. The molecule has 0 bridgehead atoms. The van der Waals surface area contributed by atoms with Crippen LogP contribution in [0.4, 0.5) is 0 Å². The summed E-state index contributed by atoms with van der Waals surface area (Å²) in [6.07, 6.45) is 1.98. The second-order valence-corrected chi connectivity index (χ2v) is 7.03. The molecule has 0 saturated carbocycles. The third kappa shape index (κ3) is 5.27. The number of carbonyl (C=O) groups is 1. The highest BCUT2D eigenvalue weighted by Gasteiger charge is 2.09. The van der Waals surface area contributed by atoms with Crippen molar-refractivity contribution in [3.05, 3.63) is 64.7 Å². The average molecular weight is 352 g/mol. The smallest absolute Gasteiger partial charge is 0.252 e. The lowest BCUT2D eigenvalue weighted by molar-refractivity contribution is 0.0953. The van der Waals surface area contributed by atoms with E-state index in [2.05, 4.69) is 11.4 Å². The van der Waals surface area contributed by atoms with Crippen LogP contribution in [0.25, 0.3) is 0 Å². The summed E-state index contributed by atoms with van der Waals surface area (Å²) in [4.78, 5) is 13.2. The average Bonchev–Trinajstić information content (AvgIpc) is 2.54. The number of carbonyl (C=O) groups excluding carboxylic acids is 1. The van der Waals surface area contributed by atoms with Gasteiger partial charge in [0.2, 0.25) is 0 Å². The zero-order chi connectivity index (χ0) is 15.8. The fraction of sp³-hybridized carbons (Fsp3) is 0.235. The van der Waals surface area contributed by atoms with E-state index in [9.17, 15) is 4.79 Å². The van der Waals surface area contributed by atoms with E-state index < -0.39 is 0 Å². The molecule has 1 N–H and O–H groups in total. The lowest BCUT2D eigenvalue weighted by Crippen LogP contribution is -2.26. The maximum absolute atomic E-state index is 12.2. The van der Waals surface area contributed by atoms with Crippen LogP contribution in [0.2, 0.25) is 5.02 Å². The lowest BCUT2D eigenvalue weighted by atomic mass is 10.2. The highest BCUT2D eigenvalue weighted by molar-refractivity contribution is 7.98. The van der Waals surface area contributed by atoms with Crippen molar-refractivity contribution in [3.63, 3.8) is 0 Å². The standard InChI is InChI=1S/C17H18ClNOS2/c1-21-16-8-3-2-7-15(16)17(20)19-9-10-22-12-13-5-4-6-14(18)11-13/h2-8,11H,9-10,12H2,1H3,(H,19,20). The van der Waals surface area contributed by atoms with E-state index in [0.29, 0.717) is 6.54 Å². The monoisotopic (exact) mass is 351 g/mol. The van der Waals surface area contributed by atoms with E-state index in [0.717, 1.165) is 27.0 Å². The number of halogens is 1. The first-order valence-electron chi connectivity index (χ1n) is 6.94. The molecule has 0 aromatic heterocycles. The molecule has 0 aliphatic heterocycles. The minimum absolute atomic E-state index is 0.00620. The summed E-state index contributed by atoms with van der Waals surface area (Å²) in [5, 5.41) is 3.74. The van der Waals surface area contributed by atoms with Gasteiger partial charge in [-0.15, -0.1) is 11.8 Å². The molecular formula is C17H18ClNOS2. The number of amides is 1. The number of hydrogen-bond acceptors (Lipinski definition) is 3. The normalized spacial score (nSPS) is 10.5. The third-order valence-corrected chi connectivity index (χ3v) is 5.10. The first-order chi connectivity index (χ1) is 10.7. The topological polar surface area (TPSA) is 29.1 Å². The summed E-state index contributed by atoms with van der Waals surface area (Å²) < 4.78 is 0. The van der Waals surface area contributed by atoms with Crippen molar-refractivity contribution in [2.75, 3.05) is 18.6 Å². The Morgan fingerprint density at radius 1 is 1.18 bits per heavy atom. The van der Waals surface area contributed by atoms with Gasteiger partial charge in [0.05, 0.1) is 5.56 Å². The predicted molar refractivity (Wildman–Crippen MR) is 98.2 cm³/mol. The minimum atomic E-state index is -0.00620. The molecule has 0 aliphatic carbocycles. The molecule has 0 saturated heterocycles. The quantitative estimate of drug-likeness (QED) is 0.577. The van der Waals surface area contributed by atoms with Crippen molar-refractivity contribution in [2.45, 2.75) is 10.6 Å². The van der Waals surface area contributed by atoms with Gasteiger partial charge in [-0.2, -0.15) is 11.8 Å². The van der Waals surface area contributed by atoms with Crippen LogP contribution in [-0.4, -0.2) is 24.5 Å². The SMILES string of the molecule is CSc1ccccc1C(=O)NCCSCc1cccc(Cl)c1. The highest BCUT2D eigenvalue weighted by atomic mass is 35.5. The van der Waals surface area contributed by atoms with Crippen LogP contribution in [0.3, 0.4) is 0 Å². The van der Waals surface area contributed by atoms with Crippen LogP contribution >= 0.6 is 35.1 Å². The van der Waals surface area contributed by atoms with Crippen LogP contribution in [0.5, 0.6) is 0 Å². The van der Waals surface area contributed by atoms with Crippen molar-refractivity contribution in [1.82, 2.24) is 5.32 Å². The third-order valence-electron chi connectivity index (χ3n) is 3.04. The molecule has 5 heteroatoms. The van der Waals surface area contributed by atoms with Gasteiger partial charge in [0.25, 0.3) is 5.91 Å². The van der Waals surface area contributed by atoms with E-state index in [-0.39, 0.29) is 5.91 Å². The largest absolute Gasteiger partial charge is 0.351 e. The Morgan fingerprint density at radius 3 is 2.77 bits per heavy atom. The molecule has 0 aliphatic rings. The number of thioether (sulfide) groups is 2. The molecule has 0 radical (unpaired) electrons. The Morgan fingerprint density at radius 2 is 2.00 bits per heavy atom. The molecule has 2 nitrogen and oxygen atoms in total. The van der Waals surface area contributed by atoms with Crippen molar-refractivity contribution in [2.24, 2.45) is 0 Å². The first-order valence-corrected chi connectivity index (χ1v) is 9.70. The highest BCUT2D eigenvalue weighted by Crippen LogP contribution is 2.20. The van der Waals surface area contributed by atoms with Crippen molar-refractivity contribution < 1.29 is 4.79 Å². The van der Waals surface area contributed by atoms with Crippen molar-refractivity contribution >= 4 is 41.0 Å². The fourth-order valence-corrected chi connectivity index (χ4v) is 3.60. The Bertz CT molecular complexity index is 634. The van der Waals surface area contributed by atoms with E-state index >= 15 is 0 Å². The number of rotatable bonds is 7.